The summed E-state index contributed by atoms with van der Waals surface area (Å²) in [5, 5.41) is 6.41. The van der Waals surface area contributed by atoms with E-state index >= 15 is 0 Å². The van der Waals surface area contributed by atoms with Crippen LogP contribution >= 0.6 is 11.6 Å². The number of quaternary nitrogens is 1. The van der Waals surface area contributed by atoms with Crippen molar-refractivity contribution in [3.63, 3.8) is 0 Å². The summed E-state index contributed by atoms with van der Waals surface area (Å²) in [5.41, 5.74) is 0.803. The predicted molar refractivity (Wildman–Crippen MR) is 99.7 cm³/mol. The summed E-state index contributed by atoms with van der Waals surface area (Å²) in [6.07, 6.45) is 1.25. The van der Waals surface area contributed by atoms with Crippen LogP contribution < -0.4 is 20.4 Å². The Morgan fingerprint density at radius 2 is 2.00 bits per heavy atom. The van der Waals surface area contributed by atoms with Crippen molar-refractivity contribution in [1.82, 2.24) is 10.6 Å². The number of nitrogens with one attached hydrogen (secondary N) is 3. The van der Waals surface area contributed by atoms with Crippen molar-refractivity contribution in [2.75, 3.05) is 50.8 Å². The van der Waals surface area contributed by atoms with E-state index in [0.29, 0.717) is 24.5 Å². The molecule has 0 unspecified atom stereocenters. The highest BCUT2D eigenvalue weighted by molar-refractivity contribution is 6.30. The van der Waals surface area contributed by atoms with E-state index in [-0.39, 0.29) is 18.0 Å². The van der Waals surface area contributed by atoms with E-state index in [2.05, 4.69) is 10.6 Å². The first-order chi connectivity index (χ1) is 12.6. The molecule has 2 aliphatic rings. The number of urea groups is 1. The first-order valence-corrected chi connectivity index (χ1v) is 9.51. The maximum Gasteiger partial charge on any atom is 0.315 e. The first kappa shape index (κ1) is 18.9. The maximum absolute atomic E-state index is 12.2. The number of morpholine rings is 1. The molecule has 1 atom stereocenters. The first-order valence-electron chi connectivity index (χ1n) is 9.13. The summed E-state index contributed by atoms with van der Waals surface area (Å²) in [4.78, 5) is 27.5. The Hall–Kier alpha value is -1.83. The van der Waals surface area contributed by atoms with Gasteiger partial charge in [0.1, 0.15) is 13.1 Å². The van der Waals surface area contributed by atoms with Crippen LogP contribution in [0, 0.1) is 0 Å². The van der Waals surface area contributed by atoms with E-state index in [1.807, 2.05) is 12.1 Å². The molecule has 3 amide bonds. The molecule has 0 aliphatic carbocycles. The van der Waals surface area contributed by atoms with Crippen LogP contribution in [-0.4, -0.2) is 63.9 Å². The summed E-state index contributed by atoms with van der Waals surface area (Å²) < 4.78 is 5.34. The molecule has 3 rings (SSSR count). The number of nitrogens with zero attached hydrogens (tertiary/aromatic N) is 1. The largest absolute Gasteiger partial charge is 0.370 e. The standard InChI is InChI=1S/C18H25ClN4O3/c19-14-2-4-16(5-3-14)23-13-15(12-17(23)24)21-18(25)20-6-1-7-22-8-10-26-11-9-22/h2-5,15H,1,6-13H2,(H2,20,21,25)/p+1/t15-/m1/s1. The highest BCUT2D eigenvalue weighted by Crippen LogP contribution is 2.23. The van der Waals surface area contributed by atoms with Crippen molar-refractivity contribution in [3.8, 4) is 0 Å². The van der Waals surface area contributed by atoms with Gasteiger partial charge in [0.15, 0.2) is 0 Å². The molecule has 1 aromatic rings. The summed E-state index contributed by atoms with van der Waals surface area (Å²) in [6.45, 7) is 5.87. The Balaban J connectivity index is 1.36. The maximum atomic E-state index is 12.2. The number of carbonyl (C=O) groups is 2. The lowest BCUT2D eigenvalue weighted by Crippen LogP contribution is -3.14. The molecule has 0 spiro atoms. The van der Waals surface area contributed by atoms with Gasteiger partial charge < -0.3 is 25.2 Å². The van der Waals surface area contributed by atoms with Gasteiger partial charge in [-0.25, -0.2) is 4.79 Å². The zero-order chi connectivity index (χ0) is 18.4. The second-order valence-electron chi connectivity index (χ2n) is 6.75. The number of ether oxygens (including phenoxy) is 1. The van der Waals surface area contributed by atoms with Gasteiger partial charge in [-0.15, -0.1) is 0 Å². The van der Waals surface area contributed by atoms with Gasteiger partial charge in [-0.1, -0.05) is 11.6 Å². The number of anilines is 1. The predicted octanol–water partition coefficient (Wildman–Crippen LogP) is 0.0497. The Morgan fingerprint density at radius 3 is 2.73 bits per heavy atom. The van der Waals surface area contributed by atoms with Crippen molar-refractivity contribution >= 4 is 29.2 Å². The molecular weight excluding hydrogens is 356 g/mol. The minimum absolute atomic E-state index is 0.00791. The normalized spacial score (nSPS) is 21.0. The van der Waals surface area contributed by atoms with Gasteiger partial charge in [-0.05, 0) is 24.3 Å². The summed E-state index contributed by atoms with van der Waals surface area (Å²) in [5.74, 6) is 0.00791. The van der Waals surface area contributed by atoms with E-state index in [9.17, 15) is 9.59 Å². The molecule has 3 N–H and O–H groups in total. The number of hydrogen-bond donors (Lipinski definition) is 3. The molecular formula is C18H26ClN4O3+. The minimum Gasteiger partial charge on any atom is -0.370 e. The number of amides is 3. The molecule has 8 heteroatoms. The fourth-order valence-electron chi connectivity index (χ4n) is 3.36. The van der Waals surface area contributed by atoms with Gasteiger partial charge in [0.25, 0.3) is 0 Å². The van der Waals surface area contributed by atoms with Crippen LogP contribution in [0.2, 0.25) is 5.02 Å². The molecule has 2 aliphatic heterocycles. The van der Waals surface area contributed by atoms with Crippen LogP contribution in [0.1, 0.15) is 12.8 Å². The van der Waals surface area contributed by atoms with Crippen molar-refractivity contribution in [3.05, 3.63) is 29.3 Å². The topological polar surface area (TPSA) is 75.1 Å². The van der Waals surface area contributed by atoms with Gasteiger partial charge in [0, 0.05) is 36.6 Å². The Labute approximate surface area is 158 Å². The molecule has 2 fully saturated rings. The van der Waals surface area contributed by atoms with Crippen LogP contribution in [-0.2, 0) is 9.53 Å². The number of hydrogen-bond acceptors (Lipinski definition) is 3. The molecule has 26 heavy (non-hydrogen) atoms. The quantitative estimate of drug-likeness (QED) is 0.609. The number of benzene rings is 1. The lowest BCUT2D eigenvalue weighted by atomic mass is 10.2. The SMILES string of the molecule is O=C(NCCC[NH+]1CCOCC1)N[C@@H]1CC(=O)N(c2ccc(Cl)cc2)C1. The van der Waals surface area contributed by atoms with Crippen LogP contribution in [0.4, 0.5) is 10.5 Å². The van der Waals surface area contributed by atoms with Crippen molar-refractivity contribution in [1.29, 1.82) is 0 Å². The average molecular weight is 382 g/mol. The van der Waals surface area contributed by atoms with Crippen molar-refractivity contribution in [2.24, 2.45) is 0 Å². The third kappa shape index (κ3) is 5.33. The number of halogens is 1. The van der Waals surface area contributed by atoms with Gasteiger partial charge in [-0.2, -0.15) is 0 Å². The van der Waals surface area contributed by atoms with E-state index < -0.39 is 0 Å². The molecule has 0 bridgehead atoms. The molecule has 1 aromatic carbocycles. The van der Waals surface area contributed by atoms with Crippen molar-refractivity contribution < 1.29 is 19.2 Å². The smallest absolute Gasteiger partial charge is 0.315 e. The third-order valence-corrected chi connectivity index (χ3v) is 5.04. The van der Waals surface area contributed by atoms with Crippen LogP contribution in [0.5, 0.6) is 0 Å². The molecule has 142 valence electrons. The van der Waals surface area contributed by atoms with E-state index in [0.717, 1.165) is 45.0 Å². The van der Waals surface area contributed by atoms with E-state index in [4.69, 9.17) is 16.3 Å². The summed E-state index contributed by atoms with van der Waals surface area (Å²) in [7, 11) is 0. The lowest BCUT2D eigenvalue weighted by molar-refractivity contribution is -0.908. The van der Waals surface area contributed by atoms with Crippen LogP contribution in [0.15, 0.2) is 24.3 Å². The Bertz CT molecular complexity index is 619. The zero-order valence-electron chi connectivity index (χ0n) is 14.8. The minimum atomic E-state index is -0.210. The van der Waals surface area contributed by atoms with E-state index in [1.165, 1.54) is 4.90 Å². The monoisotopic (exact) mass is 381 g/mol. The second-order valence-corrected chi connectivity index (χ2v) is 7.18. The van der Waals surface area contributed by atoms with Gasteiger partial charge in [0.05, 0.1) is 25.8 Å². The second kappa shape index (κ2) is 9.21. The summed E-state index contributed by atoms with van der Waals surface area (Å²) in [6, 6.07) is 6.76. The average Bonchev–Trinajstić information content (AvgIpc) is 3.00. The number of carbonyl (C=O) groups excluding carboxylic acids is 2. The van der Waals surface area contributed by atoms with Gasteiger partial charge in [-0.3, -0.25) is 4.79 Å². The van der Waals surface area contributed by atoms with Crippen LogP contribution in [0.3, 0.4) is 0 Å². The molecule has 0 radical (unpaired) electrons. The Kier molecular flexibility index (Phi) is 6.71. The van der Waals surface area contributed by atoms with Gasteiger partial charge in [0.2, 0.25) is 5.91 Å². The summed E-state index contributed by atoms with van der Waals surface area (Å²) >= 11 is 5.89. The van der Waals surface area contributed by atoms with Crippen LogP contribution in [0.25, 0.3) is 0 Å². The molecule has 0 aromatic heterocycles. The highest BCUT2D eigenvalue weighted by atomic mass is 35.5. The van der Waals surface area contributed by atoms with Gasteiger partial charge >= 0.3 is 6.03 Å². The Morgan fingerprint density at radius 1 is 1.27 bits per heavy atom. The fraction of sp³-hybridized carbons (Fsp3) is 0.556. The number of rotatable bonds is 6. The third-order valence-electron chi connectivity index (χ3n) is 4.79. The van der Waals surface area contributed by atoms with Crippen molar-refractivity contribution in [2.45, 2.75) is 18.9 Å². The van der Waals surface area contributed by atoms with E-state index in [1.54, 1.807) is 17.0 Å². The lowest BCUT2D eigenvalue weighted by Gasteiger charge is -2.23. The molecule has 2 saturated heterocycles. The highest BCUT2D eigenvalue weighted by Gasteiger charge is 2.31. The molecule has 7 nitrogen and oxygen atoms in total. The molecule has 2 heterocycles. The molecule has 0 saturated carbocycles. The zero-order valence-corrected chi connectivity index (χ0v) is 15.6. The fourth-order valence-corrected chi connectivity index (χ4v) is 3.49.